The Morgan fingerprint density at radius 3 is 2.71 bits per heavy atom. The van der Waals surface area contributed by atoms with Crippen LogP contribution in [0.15, 0.2) is 35.4 Å². The first-order chi connectivity index (χ1) is 16.7. The topological polar surface area (TPSA) is 50.6 Å². The predicted octanol–water partition coefficient (Wildman–Crippen LogP) is 4.26. The highest BCUT2D eigenvalue weighted by molar-refractivity contribution is 7.18. The number of benzene rings is 1. The van der Waals surface area contributed by atoms with E-state index in [9.17, 15) is 4.79 Å². The summed E-state index contributed by atoms with van der Waals surface area (Å²) in [5.41, 5.74) is 2.83. The summed E-state index contributed by atoms with van der Waals surface area (Å²) < 4.78 is 7.32. The Labute approximate surface area is 205 Å². The number of aromatic nitrogens is 2. The molecule has 1 saturated heterocycles. The van der Waals surface area contributed by atoms with Gasteiger partial charge in [-0.15, -0.1) is 11.3 Å². The lowest BCUT2D eigenvalue weighted by Crippen LogP contribution is -2.51. The first-order valence-electron chi connectivity index (χ1n) is 12.8. The quantitative estimate of drug-likeness (QED) is 0.549. The van der Waals surface area contributed by atoms with Crippen molar-refractivity contribution in [3.8, 4) is 5.75 Å². The van der Waals surface area contributed by atoms with Gasteiger partial charge in [0.05, 0.1) is 18.8 Å². The fourth-order valence-electron chi connectivity index (χ4n) is 6.23. The van der Waals surface area contributed by atoms with Crippen LogP contribution in [0.25, 0.3) is 10.2 Å². The van der Waals surface area contributed by atoms with E-state index < -0.39 is 0 Å². The molecule has 2 fully saturated rings. The highest BCUT2D eigenvalue weighted by Crippen LogP contribution is 2.36. The molecule has 180 valence electrons. The number of rotatable bonds is 5. The number of methoxy groups -OCH3 is 1. The van der Waals surface area contributed by atoms with Crippen LogP contribution in [0.3, 0.4) is 0 Å². The van der Waals surface area contributed by atoms with Gasteiger partial charge in [0, 0.05) is 49.7 Å². The third kappa shape index (κ3) is 4.18. The first kappa shape index (κ1) is 22.3. The Bertz CT molecular complexity index is 1220. The Kier molecular flexibility index (Phi) is 6.18. The summed E-state index contributed by atoms with van der Waals surface area (Å²) in [7, 11) is 1.73. The maximum absolute atomic E-state index is 13.4. The van der Waals surface area contributed by atoms with Gasteiger partial charge >= 0.3 is 0 Å². The second-order valence-electron chi connectivity index (χ2n) is 10.1. The standard InChI is InChI=1S/C27H34N4O2S/c1-33-22-8-4-5-19(15-22)17-29-11-13-30(14-12-29)21-9-10-23-24(16-21)34-26-25(23)27(32)31(18-28-26)20-6-2-3-7-20/h4-5,8,15,18,20-21H,2-3,6-7,9-14,16-17H2,1H3. The lowest BCUT2D eigenvalue weighted by molar-refractivity contribution is 0.0861. The lowest BCUT2D eigenvalue weighted by atomic mass is 9.91. The second kappa shape index (κ2) is 9.44. The van der Waals surface area contributed by atoms with Crippen molar-refractivity contribution in [2.75, 3.05) is 33.3 Å². The van der Waals surface area contributed by atoms with Gasteiger partial charge in [0.25, 0.3) is 5.56 Å². The summed E-state index contributed by atoms with van der Waals surface area (Å²) in [6.45, 7) is 5.40. The first-order valence-corrected chi connectivity index (χ1v) is 13.6. The average molecular weight is 479 g/mol. The zero-order chi connectivity index (χ0) is 23.1. The van der Waals surface area contributed by atoms with Gasteiger partial charge in [0.15, 0.2) is 0 Å². The second-order valence-corrected chi connectivity index (χ2v) is 11.2. The summed E-state index contributed by atoms with van der Waals surface area (Å²) >= 11 is 1.77. The molecule has 0 bridgehead atoms. The molecule has 3 aromatic rings. The molecule has 3 heterocycles. The molecular weight excluding hydrogens is 444 g/mol. The molecule has 34 heavy (non-hydrogen) atoms. The van der Waals surface area contributed by atoms with Crippen LogP contribution in [0.2, 0.25) is 0 Å². The van der Waals surface area contributed by atoms with Crippen LogP contribution in [0.5, 0.6) is 5.75 Å². The Balaban J connectivity index is 1.12. The number of nitrogens with zero attached hydrogens (tertiary/aromatic N) is 4. The zero-order valence-electron chi connectivity index (χ0n) is 20.0. The van der Waals surface area contributed by atoms with Gasteiger partial charge in [-0.3, -0.25) is 19.2 Å². The molecule has 0 N–H and O–H groups in total. The van der Waals surface area contributed by atoms with Crippen molar-refractivity contribution in [1.82, 2.24) is 19.4 Å². The molecular formula is C27H34N4O2S. The molecule has 7 heteroatoms. The third-order valence-electron chi connectivity index (χ3n) is 8.15. The van der Waals surface area contributed by atoms with Gasteiger partial charge in [-0.25, -0.2) is 4.98 Å². The van der Waals surface area contributed by atoms with Crippen LogP contribution in [-0.2, 0) is 19.4 Å². The molecule has 3 aliphatic rings. The van der Waals surface area contributed by atoms with Gasteiger partial charge in [-0.1, -0.05) is 25.0 Å². The van der Waals surface area contributed by atoms with Crippen LogP contribution in [0, 0.1) is 0 Å². The summed E-state index contributed by atoms with van der Waals surface area (Å²) in [6, 6.07) is 9.35. The van der Waals surface area contributed by atoms with Crippen molar-refractivity contribution in [1.29, 1.82) is 0 Å². The van der Waals surface area contributed by atoms with Gasteiger partial charge in [0.2, 0.25) is 0 Å². The van der Waals surface area contributed by atoms with Crippen molar-refractivity contribution in [2.24, 2.45) is 0 Å². The summed E-state index contributed by atoms with van der Waals surface area (Å²) in [5, 5.41) is 0.927. The minimum absolute atomic E-state index is 0.207. The van der Waals surface area contributed by atoms with E-state index in [1.807, 2.05) is 17.0 Å². The van der Waals surface area contributed by atoms with E-state index in [0.717, 1.165) is 80.8 Å². The maximum Gasteiger partial charge on any atom is 0.262 e. The van der Waals surface area contributed by atoms with E-state index in [0.29, 0.717) is 12.1 Å². The predicted molar refractivity (Wildman–Crippen MR) is 137 cm³/mol. The van der Waals surface area contributed by atoms with E-state index in [-0.39, 0.29) is 5.56 Å². The van der Waals surface area contributed by atoms with Crippen molar-refractivity contribution < 1.29 is 4.74 Å². The highest BCUT2D eigenvalue weighted by Gasteiger charge is 2.31. The van der Waals surface area contributed by atoms with Crippen molar-refractivity contribution in [3.05, 3.63) is 57.0 Å². The number of aryl methyl sites for hydroxylation is 1. The molecule has 1 aliphatic heterocycles. The number of hydrogen-bond donors (Lipinski definition) is 0. The highest BCUT2D eigenvalue weighted by atomic mass is 32.1. The van der Waals surface area contributed by atoms with E-state index in [2.05, 4.69) is 28.0 Å². The number of ether oxygens (including phenoxy) is 1. The number of fused-ring (bicyclic) bond motifs is 3. The molecule has 1 atom stereocenters. The van der Waals surface area contributed by atoms with Crippen LogP contribution in [0.4, 0.5) is 0 Å². The van der Waals surface area contributed by atoms with Crippen LogP contribution in [0.1, 0.15) is 54.1 Å². The third-order valence-corrected chi connectivity index (χ3v) is 9.31. The molecule has 1 aromatic carbocycles. The van der Waals surface area contributed by atoms with E-state index in [1.165, 1.54) is 28.8 Å². The van der Waals surface area contributed by atoms with Crippen molar-refractivity contribution in [3.63, 3.8) is 0 Å². The number of piperazine rings is 1. The fraction of sp³-hybridized carbons (Fsp3) is 0.556. The van der Waals surface area contributed by atoms with Crippen LogP contribution in [-0.4, -0.2) is 58.7 Å². The van der Waals surface area contributed by atoms with Gasteiger partial charge in [-0.05, 0) is 55.4 Å². The molecule has 6 nitrogen and oxygen atoms in total. The summed E-state index contributed by atoms with van der Waals surface area (Å²) in [5.74, 6) is 0.932. The number of thiophene rings is 1. The minimum Gasteiger partial charge on any atom is -0.497 e. The van der Waals surface area contributed by atoms with E-state index in [4.69, 9.17) is 9.72 Å². The minimum atomic E-state index is 0.207. The molecule has 0 spiro atoms. The van der Waals surface area contributed by atoms with Gasteiger partial charge in [-0.2, -0.15) is 0 Å². The maximum atomic E-state index is 13.4. The monoisotopic (exact) mass is 478 g/mol. The molecule has 2 aliphatic carbocycles. The summed E-state index contributed by atoms with van der Waals surface area (Å²) in [6.07, 6.45) is 9.73. The molecule has 1 saturated carbocycles. The molecule has 2 aromatic heterocycles. The van der Waals surface area contributed by atoms with E-state index in [1.54, 1.807) is 18.4 Å². The van der Waals surface area contributed by atoms with Gasteiger partial charge < -0.3 is 4.74 Å². The zero-order valence-corrected chi connectivity index (χ0v) is 20.9. The van der Waals surface area contributed by atoms with Crippen molar-refractivity contribution in [2.45, 2.75) is 63.6 Å². The Morgan fingerprint density at radius 1 is 1.09 bits per heavy atom. The molecule has 0 amide bonds. The average Bonchev–Trinajstić information content (AvgIpc) is 3.53. The molecule has 6 rings (SSSR count). The van der Waals surface area contributed by atoms with Crippen molar-refractivity contribution >= 4 is 21.6 Å². The largest absolute Gasteiger partial charge is 0.497 e. The number of hydrogen-bond acceptors (Lipinski definition) is 6. The van der Waals surface area contributed by atoms with E-state index >= 15 is 0 Å². The van der Waals surface area contributed by atoms with Crippen LogP contribution < -0.4 is 10.3 Å². The summed E-state index contributed by atoms with van der Waals surface area (Å²) in [4.78, 5) is 25.7. The smallest absolute Gasteiger partial charge is 0.262 e. The SMILES string of the molecule is COc1cccc(CN2CCN(C3CCc4c(sc5ncn(C6CCCC6)c(=O)c45)C3)CC2)c1. The van der Waals surface area contributed by atoms with Gasteiger partial charge in [0.1, 0.15) is 10.6 Å². The van der Waals surface area contributed by atoms with Crippen LogP contribution >= 0.6 is 11.3 Å². The normalized spacial score (nSPS) is 22.3. The Hall–Kier alpha value is -2.22. The molecule has 0 radical (unpaired) electrons. The lowest BCUT2D eigenvalue weighted by Gasteiger charge is -2.40. The Morgan fingerprint density at radius 2 is 1.91 bits per heavy atom. The fourth-order valence-corrected chi connectivity index (χ4v) is 7.48. The molecule has 1 unspecified atom stereocenters.